The number of aromatic nitrogens is 3. The molecule has 0 aliphatic carbocycles. The van der Waals surface area contributed by atoms with E-state index in [1.165, 1.54) is 0 Å². The van der Waals surface area contributed by atoms with Gasteiger partial charge >= 0.3 is 0 Å². The quantitative estimate of drug-likeness (QED) is 0.237. The molecule has 2 heterocycles. The first-order chi connectivity index (χ1) is 18.7. The van der Waals surface area contributed by atoms with Crippen molar-refractivity contribution in [3.05, 3.63) is 126 Å². The minimum absolute atomic E-state index is 0.501. The lowest BCUT2D eigenvalue weighted by Crippen LogP contribution is -2.01. The smallest absolute Gasteiger partial charge is 0.166 e. The van der Waals surface area contributed by atoms with Gasteiger partial charge in [0.25, 0.3) is 0 Å². The van der Waals surface area contributed by atoms with E-state index < -0.39 is 0 Å². The maximum atomic E-state index is 6.85. The highest BCUT2D eigenvalue weighted by Crippen LogP contribution is 2.40. The summed E-state index contributed by atoms with van der Waals surface area (Å²) in [5, 5.41) is 2.41. The fourth-order valence-corrected chi connectivity index (χ4v) is 5.05. The van der Waals surface area contributed by atoms with Gasteiger partial charge in [0, 0.05) is 27.5 Å². The maximum Gasteiger partial charge on any atom is 0.166 e. The molecule has 180 valence electrons. The summed E-state index contributed by atoms with van der Waals surface area (Å²) in [6.45, 7) is 0. The minimum atomic E-state index is 0.501. The molecule has 0 spiro atoms. The zero-order chi connectivity index (χ0) is 25.5. The molecule has 0 saturated heterocycles. The third kappa shape index (κ3) is 3.92. The maximum absolute atomic E-state index is 6.85. The number of nitrogens with zero attached hydrogens (tertiary/aromatic N) is 3. The number of para-hydroxylation sites is 1. The zero-order valence-electron chi connectivity index (χ0n) is 20.2. The molecule has 0 fully saturated rings. The summed E-state index contributed by atoms with van der Waals surface area (Å²) in [5.41, 5.74) is 6.27. The SMILES string of the molecule is Clc1ccc2oc3ccccc3c2c1-c1nc(-c2ccccc2)nc(-c2cccc(-c3ccccc3)c2)n1. The first kappa shape index (κ1) is 22.4. The van der Waals surface area contributed by atoms with E-state index in [-0.39, 0.29) is 0 Å². The van der Waals surface area contributed by atoms with Gasteiger partial charge in [0.05, 0.1) is 5.02 Å². The molecule has 0 N–H and O–H groups in total. The second-order valence-corrected chi connectivity index (χ2v) is 9.42. The van der Waals surface area contributed by atoms with Crippen LogP contribution in [-0.4, -0.2) is 15.0 Å². The number of rotatable bonds is 4. The van der Waals surface area contributed by atoms with E-state index in [9.17, 15) is 0 Å². The summed E-state index contributed by atoms with van der Waals surface area (Å²) < 4.78 is 6.13. The summed E-state index contributed by atoms with van der Waals surface area (Å²) >= 11 is 6.85. The first-order valence-corrected chi connectivity index (χ1v) is 12.7. The van der Waals surface area contributed by atoms with Gasteiger partial charge in [-0.05, 0) is 35.4 Å². The number of fused-ring (bicyclic) bond motifs is 3. The molecule has 2 aromatic heterocycles. The first-order valence-electron chi connectivity index (χ1n) is 12.3. The summed E-state index contributed by atoms with van der Waals surface area (Å²) in [7, 11) is 0. The van der Waals surface area contributed by atoms with E-state index in [1.54, 1.807) is 0 Å². The molecule has 0 radical (unpaired) electrons. The van der Waals surface area contributed by atoms with E-state index in [0.717, 1.165) is 49.8 Å². The molecule has 0 atom stereocenters. The lowest BCUT2D eigenvalue weighted by atomic mass is 10.0. The average Bonchev–Trinajstić information content (AvgIpc) is 3.36. The van der Waals surface area contributed by atoms with Crippen molar-refractivity contribution in [3.63, 3.8) is 0 Å². The van der Waals surface area contributed by atoms with E-state index in [0.29, 0.717) is 22.5 Å². The summed E-state index contributed by atoms with van der Waals surface area (Å²) in [6.07, 6.45) is 0. The Hall–Kier alpha value is -4.80. The molecule has 0 aliphatic heterocycles. The molecule has 5 aromatic carbocycles. The zero-order valence-corrected chi connectivity index (χ0v) is 20.9. The highest BCUT2D eigenvalue weighted by Gasteiger charge is 2.20. The monoisotopic (exact) mass is 509 g/mol. The van der Waals surface area contributed by atoms with Gasteiger partial charge in [-0.15, -0.1) is 0 Å². The van der Waals surface area contributed by atoms with Gasteiger partial charge in [-0.25, -0.2) is 15.0 Å². The van der Waals surface area contributed by atoms with E-state index in [1.807, 2.05) is 97.1 Å². The Balaban J connectivity index is 1.49. The summed E-state index contributed by atoms with van der Waals surface area (Å²) in [5.74, 6) is 1.66. The highest BCUT2D eigenvalue weighted by molar-refractivity contribution is 6.35. The van der Waals surface area contributed by atoms with Crippen molar-refractivity contribution in [3.8, 4) is 45.3 Å². The topological polar surface area (TPSA) is 51.8 Å². The van der Waals surface area contributed by atoms with Crippen molar-refractivity contribution in [2.45, 2.75) is 0 Å². The van der Waals surface area contributed by atoms with Crippen molar-refractivity contribution in [1.82, 2.24) is 15.0 Å². The van der Waals surface area contributed by atoms with Crippen LogP contribution in [0.15, 0.2) is 126 Å². The molecule has 7 rings (SSSR count). The molecular weight excluding hydrogens is 490 g/mol. The molecule has 5 heteroatoms. The van der Waals surface area contributed by atoms with Crippen molar-refractivity contribution >= 4 is 33.5 Å². The Morgan fingerprint density at radius 3 is 1.87 bits per heavy atom. The molecule has 7 aromatic rings. The van der Waals surface area contributed by atoms with Crippen LogP contribution in [0.2, 0.25) is 5.02 Å². The normalized spacial score (nSPS) is 11.3. The second-order valence-electron chi connectivity index (χ2n) is 9.01. The molecule has 0 aliphatic rings. The van der Waals surface area contributed by atoms with E-state index in [4.69, 9.17) is 31.0 Å². The van der Waals surface area contributed by atoms with Gasteiger partial charge in [0.2, 0.25) is 0 Å². The Morgan fingerprint density at radius 1 is 0.474 bits per heavy atom. The molecule has 0 bridgehead atoms. The van der Waals surface area contributed by atoms with E-state index in [2.05, 4.69) is 24.3 Å². The predicted octanol–water partition coefficient (Wildman–Crippen LogP) is 9.09. The van der Waals surface area contributed by atoms with Crippen LogP contribution in [0.4, 0.5) is 0 Å². The molecular formula is C33H20ClN3O. The van der Waals surface area contributed by atoms with Crippen LogP contribution in [0.3, 0.4) is 0 Å². The number of benzene rings is 5. The Bertz CT molecular complexity index is 1930. The van der Waals surface area contributed by atoms with E-state index >= 15 is 0 Å². The minimum Gasteiger partial charge on any atom is -0.456 e. The van der Waals surface area contributed by atoms with Crippen molar-refractivity contribution in [2.75, 3.05) is 0 Å². The lowest BCUT2D eigenvalue weighted by Gasteiger charge is -2.11. The molecule has 0 unspecified atom stereocenters. The number of halogens is 1. The van der Waals surface area contributed by atoms with Crippen LogP contribution >= 0.6 is 11.6 Å². The van der Waals surface area contributed by atoms with Crippen LogP contribution in [0.1, 0.15) is 0 Å². The largest absolute Gasteiger partial charge is 0.456 e. The van der Waals surface area contributed by atoms with Crippen LogP contribution < -0.4 is 0 Å². The molecule has 4 nitrogen and oxygen atoms in total. The predicted molar refractivity (Wildman–Crippen MR) is 154 cm³/mol. The van der Waals surface area contributed by atoms with Gasteiger partial charge in [0.1, 0.15) is 11.2 Å². The molecule has 38 heavy (non-hydrogen) atoms. The summed E-state index contributed by atoms with van der Waals surface area (Å²) in [6, 6.07) is 40.1. The fraction of sp³-hybridized carbons (Fsp3) is 0. The van der Waals surface area contributed by atoms with Crippen LogP contribution in [-0.2, 0) is 0 Å². The number of hydrogen-bond acceptors (Lipinski definition) is 4. The van der Waals surface area contributed by atoms with Gasteiger partial charge in [-0.2, -0.15) is 0 Å². The highest BCUT2D eigenvalue weighted by atomic mass is 35.5. The number of hydrogen-bond donors (Lipinski definition) is 0. The Morgan fingerprint density at radius 2 is 1.08 bits per heavy atom. The molecule has 0 saturated carbocycles. The van der Waals surface area contributed by atoms with Crippen molar-refractivity contribution in [2.24, 2.45) is 0 Å². The molecule has 0 amide bonds. The lowest BCUT2D eigenvalue weighted by molar-refractivity contribution is 0.669. The third-order valence-corrected chi connectivity index (χ3v) is 6.93. The van der Waals surface area contributed by atoms with Gasteiger partial charge in [0.15, 0.2) is 17.5 Å². The standard InChI is InChI=1S/C33H20ClN3O/c34-26-18-19-28-29(25-16-7-8-17-27(25)38-28)30(26)33-36-31(22-12-5-2-6-13-22)35-32(37-33)24-15-9-14-23(20-24)21-10-3-1-4-11-21/h1-20H. The fourth-order valence-electron chi connectivity index (χ4n) is 4.81. The third-order valence-electron chi connectivity index (χ3n) is 6.61. The Kier molecular flexibility index (Phi) is 5.46. The van der Waals surface area contributed by atoms with Crippen LogP contribution in [0, 0.1) is 0 Å². The van der Waals surface area contributed by atoms with Gasteiger partial charge in [-0.1, -0.05) is 109 Å². The van der Waals surface area contributed by atoms with Crippen molar-refractivity contribution < 1.29 is 4.42 Å². The second kappa shape index (κ2) is 9.25. The van der Waals surface area contributed by atoms with Gasteiger partial charge in [-0.3, -0.25) is 0 Å². The number of furan rings is 1. The average molecular weight is 510 g/mol. The summed E-state index contributed by atoms with van der Waals surface area (Å²) in [4.78, 5) is 14.8. The van der Waals surface area contributed by atoms with Crippen LogP contribution in [0.5, 0.6) is 0 Å². The van der Waals surface area contributed by atoms with Gasteiger partial charge < -0.3 is 4.42 Å². The van der Waals surface area contributed by atoms with Crippen LogP contribution in [0.25, 0.3) is 67.2 Å². The van der Waals surface area contributed by atoms with Crippen molar-refractivity contribution in [1.29, 1.82) is 0 Å². The Labute approximate surface area is 224 Å².